The lowest BCUT2D eigenvalue weighted by Crippen LogP contribution is -2.26. The van der Waals surface area contributed by atoms with E-state index < -0.39 is 0 Å². The van der Waals surface area contributed by atoms with Gasteiger partial charge in [0, 0.05) is 30.5 Å². The number of benzene rings is 1. The van der Waals surface area contributed by atoms with Crippen molar-refractivity contribution in [2.75, 3.05) is 18.0 Å². The molecule has 0 fully saturated rings. The van der Waals surface area contributed by atoms with Gasteiger partial charge in [-0.1, -0.05) is 24.3 Å². The molecule has 0 saturated heterocycles. The first-order valence-corrected chi connectivity index (χ1v) is 7.27. The summed E-state index contributed by atoms with van der Waals surface area (Å²) in [5.41, 5.74) is 9.82. The number of para-hydroxylation sites is 1. The van der Waals surface area contributed by atoms with Crippen molar-refractivity contribution >= 4 is 5.69 Å². The average molecular weight is 267 g/mol. The Balaban J connectivity index is 1.92. The summed E-state index contributed by atoms with van der Waals surface area (Å²) in [5, 5.41) is 0. The Bertz CT molecular complexity index is 567. The van der Waals surface area contributed by atoms with E-state index in [2.05, 4.69) is 47.1 Å². The third kappa shape index (κ3) is 2.29. The van der Waals surface area contributed by atoms with Crippen LogP contribution in [-0.2, 0) is 0 Å². The molecule has 1 aromatic heterocycles. The van der Waals surface area contributed by atoms with Gasteiger partial charge in [-0.15, -0.1) is 0 Å². The maximum Gasteiger partial charge on any atom is 0.0529 e. The molecule has 104 valence electrons. The first kappa shape index (κ1) is 13.1. The standard InChI is InChI=1S/C17H21N3/c1-13(14-5-4-10-19-11-14)20-12-15(8-9-18)16-6-2-3-7-17(16)20/h2-7,10-11,13,15H,8-9,12,18H2,1H3. The van der Waals surface area contributed by atoms with Crippen molar-refractivity contribution in [1.29, 1.82) is 0 Å². The van der Waals surface area contributed by atoms with Gasteiger partial charge < -0.3 is 10.6 Å². The lowest BCUT2D eigenvalue weighted by molar-refractivity contribution is 0.606. The van der Waals surface area contributed by atoms with E-state index in [0.29, 0.717) is 12.0 Å². The molecule has 0 saturated carbocycles. The molecule has 0 amide bonds. The van der Waals surface area contributed by atoms with Gasteiger partial charge in [-0.05, 0) is 43.1 Å². The normalized spacial score (nSPS) is 18.9. The summed E-state index contributed by atoms with van der Waals surface area (Å²) >= 11 is 0. The van der Waals surface area contributed by atoms with E-state index in [4.69, 9.17) is 5.73 Å². The molecular formula is C17H21N3. The average Bonchev–Trinajstić information content (AvgIpc) is 2.87. The molecule has 3 heteroatoms. The van der Waals surface area contributed by atoms with Gasteiger partial charge in [0.1, 0.15) is 0 Å². The fourth-order valence-corrected chi connectivity index (χ4v) is 3.15. The van der Waals surface area contributed by atoms with Crippen molar-refractivity contribution in [3.05, 3.63) is 59.9 Å². The second-order valence-electron chi connectivity index (χ2n) is 5.45. The molecule has 0 spiro atoms. The molecule has 1 aliphatic heterocycles. The molecule has 3 rings (SSSR count). The summed E-state index contributed by atoms with van der Waals surface area (Å²) < 4.78 is 0. The second-order valence-corrected chi connectivity index (χ2v) is 5.45. The number of anilines is 1. The smallest absolute Gasteiger partial charge is 0.0529 e. The highest BCUT2D eigenvalue weighted by atomic mass is 15.2. The van der Waals surface area contributed by atoms with E-state index in [1.807, 2.05) is 18.5 Å². The number of fused-ring (bicyclic) bond motifs is 1. The molecule has 0 aliphatic carbocycles. The lowest BCUT2D eigenvalue weighted by Gasteiger charge is -2.28. The van der Waals surface area contributed by atoms with Crippen molar-refractivity contribution in [3.63, 3.8) is 0 Å². The number of aromatic nitrogens is 1. The van der Waals surface area contributed by atoms with Crippen LogP contribution in [0.25, 0.3) is 0 Å². The quantitative estimate of drug-likeness (QED) is 0.925. The van der Waals surface area contributed by atoms with Crippen LogP contribution in [0.15, 0.2) is 48.8 Å². The maximum absolute atomic E-state index is 5.77. The number of nitrogens with zero attached hydrogens (tertiary/aromatic N) is 2. The zero-order valence-electron chi connectivity index (χ0n) is 11.9. The maximum atomic E-state index is 5.77. The number of rotatable bonds is 4. The highest BCUT2D eigenvalue weighted by Crippen LogP contribution is 2.41. The van der Waals surface area contributed by atoms with Gasteiger partial charge in [0.05, 0.1) is 6.04 Å². The van der Waals surface area contributed by atoms with E-state index in [9.17, 15) is 0 Å². The van der Waals surface area contributed by atoms with Gasteiger partial charge in [-0.25, -0.2) is 0 Å². The van der Waals surface area contributed by atoms with Crippen LogP contribution in [0.2, 0.25) is 0 Å². The summed E-state index contributed by atoms with van der Waals surface area (Å²) in [6, 6.07) is 13.2. The Hall–Kier alpha value is -1.87. The summed E-state index contributed by atoms with van der Waals surface area (Å²) in [4.78, 5) is 6.72. The zero-order valence-corrected chi connectivity index (χ0v) is 11.9. The summed E-state index contributed by atoms with van der Waals surface area (Å²) in [6.07, 6.45) is 4.84. The van der Waals surface area contributed by atoms with Crippen molar-refractivity contribution in [2.45, 2.75) is 25.3 Å². The van der Waals surface area contributed by atoms with E-state index in [1.165, 1.54) is 16.8 Å². The van der Waals surface area contributed by atoms with Gasteiger partial charge >= 0.3 is 0 Å². The van der Waals surface area contributed by atoms with E-state index in [1.54, 1.807) is 0 Å². The van der Waals surface area contributed by atoms with E-state index >= 15 is 0 Å². The number of hydrogen-bond acceptors (Lipinski definition) is 3. The predicted molar refractivity (Wildman–Crippen MR) is 82.9 cm³/mol. The molecule has 1 aromatic carbocycles. The third-order valence-corrected chi connectivity index (χ3v) is 4.25. The first-order chi connectivity index (χ1) is 9.81. The minimum Gasteiger partial charge on any atom is -0.364 e. The highest BCUT2D eigenvalue weighted by Gasteiger charge is 2.30. The molecule has 20 heavy (non-hydrogen) atoms. The molecule has 0 radical (unpaired) electrons. The first-order valence-electron chi connectivity index (χ1n) is 7.27. The van der Waals surface area contributed by atoms with Crippen molar-refractivity contribution in [1.82, 2.24) is 4.98 Å². The van der Waals surface area contributed by atoms with Crippen molar-refractivity contribution < 1.29 is 0 Å². The van der Waals surface area contributed by atoms with Gasteiger partial charge in [-0.3, -0.25) is 4.98 Å². The third-order valence-electron chi connectivity index (χ3n) is 4.25. The molecule has 1 aliphatic rings. The van der Waals surface area contributed by atoms with Crippen LogP contribution in [0, 0.1) is 0 Å². The predicted octanol–water partition coefficient (Wildman–Crippen LogP) is 3.10. The number of hydrogen-bond donors (Lipinski definition) is 1. The van der Waals surface area contributed by atoms with Crippen LogP contribution >= 0.6 is 0 Å². The highest BCUT2D eigenvalue weighted by molar-refractivity contribution is 5.61. The second kappa shape index (κ2) is 5.63. The molecule has 2 N–H and O–H groups in total. The van der Waals surface area contributed by atoms with Crippen LogP contribution in [0.3, 0.4) is 0 Å². The topological polar surface area (TPSA) is 42.2 Å². The Morgan fingerprint density at radius 2 is 2.15 bits per heavy atom. The number of pyridine rings is 1. The molecule has 3 nitrogen and oxygen atoms in total. The van der Waals surface area contributed by atoms with Gasteiger partial charge in [0.25, 0.3) is 0 Å². The van der Waals surface area contributed by atoms with Crippen LogP contribution in [0.4, 0.5) is 5.69 Å². The van der Waals surface area contributed by atoms with Crippen LogP contribution in [-0.4, -0.2) is 18.1 Å². The van der Waals surface area contributed by atoms with Crippen LogP contribution < -0.4 is 10.6 Å². The van der Waals surface area contributed by atoms with Crippen molar-refractivity contribution in [3.8, 4) is 0 Å². The largest absolute Gasteiger partial charge is 0.364 e. The molecule has 2 unspecified atom stereocenters. The Labute approximate surface area is 120 Å². The molecule has 2 atom stereocenters. The summed E-state index contributed by atoms with van der Waals surface area (Å²) in [7, 11) is 0. The minimum atomic E-state index is 0.340. The lowest BCUT2D eigenvalue weighted by atomic mass is 9.98. The monoisotopic (exact) mass is 267 g/mol. The zero-order chi connectivity index (χ0) is 13.9. The van der Waals surface area contributed by atoms with Gasteiger partial charge in [0.15, 0.2) is 0 Å². The van der Waals surface area contributed by atoms with E-state index in [0.717, 1.165) is 19.5 Å². The van der Waals surface area contributed by atoms with Crippen molar-refractivity contribution in [2.24, 2.45) is 5.73 Å². The molecule has 2 heterocycles. The Morgan fingerprint density at radius 1 is 1.30 bits per heavy atom. The Morgan fingerprint density at radius 3 is 2.90 bits per heavy atom. The fraction of sp³-hybridized carbons (Fsp3) is 0.353. The van der Waals surface area contributed by atoms with Gasteiger partial charge in [-0.2, -0.15) is 0 Å². The summed E-state index contributed by atoms with van der Waals surface area (Å²) in [5.74, 6) is 0.551. The fourth-order valence-electron chi connectivity index (χ4n) is 3.15. The molecular weight excluding hydrogens is 246 g/mol. The minimum absolute atomic E-state index is 0.340. The van der Waals surface area contributed by atoms with E-state index in [-0.39, 0.29) is 0 Å². The van der Waals surface area contributed by atoms with Crippen LogP contribution in [0.1, 0.15) is 36.4 Å². The molecule has 2 aromatic rings. The van der Waals surface area contributed by atoms with Crippen LogP contribution in [0.5, 0.6) is 0 Å². The molecule has 0 bridgehead atoms. The van der Waals surface area contributed by atoms with Gasteiger partial charge in [0.2, 0.25) is 0 Å². The summed E-state index contributed by atoms with van der Waals surface area (Å²) in [6.45, 7) is 4.04. The Kier molecular flexibility index (Phi) is 3.70. The number of nitrogens with two attached hydrogens (primary N) is 1. The SMILES string of the molecule is CC(c1cccnc1)N1CC(CCN)c2ccccc21.